The Hall–Kier alpha value is -2.02. The molecule has 0 bridgehead atoms. The Morgan fingerprint density at radius 2 is 1.41 bits per heavy atom. The summed E-state index contributed by atoms with van der Waals surface area (Å²) in [6, 6.07) is 22.5. The summed E-state index contributed by atoms with van der Waals surface area (Å²) in [6.45, 7) is 4.41. The average Bonchev–Trinajstić information content (AvgIpc) is 2.57. The maximum absolute atomic E-state index is 3.58. The molecule has 1 nitrogen and oxygen atoms in total. The molecule has 0 saturated carbocycles. The lowest BCUT2D eigenvalue weighted by Gasteiger charge is -2.38. The summed E-state index contributed by atoms with van der Waals surface area (Å²) in [4.78, 5) is 0. The Morgan fingerprint density at radius 3 is 1.82 bits per heavy atom. The molecule has 0 saturated heterocycles. The zero-order chi connectivity index (χ0) is 15.4. The molecule has 1 aliphatic carbocycles. The van der Waals surface area contributed by atoms with Gasteiger partial charge in [0.2, 0.25) is 0 Å². The van der Waals surface area contributed by atoms with Crippen LogP contribution in [-0.2, 0) is 5.41 Å². The zero-order valence-corrected chi connectivity index (χ0v) is 13.5. The average molecular weight is 291 g/mol. The highest BCUT2D eigenvalue weighted by molar-refractivity contribution is 5.41. The van der Waals surface area contributed by atoms with Gasteiger partial charge in [-0.25, -0.2) is 0 Å². The van der Waals surface area contributed by atoms with E-state index in [0.717, 1.165) is 19.3 Å². The number of hydrogen-bond donors (Lipinski definition) is 1. The quantitative estimate of drug-likeness (QED) is 0.832. The van der Waals surface area contributed by atoms with Crippen molar-refractivity contribution in [1.82, 2.24) is 5.32 Å². The van der Waals surface area contributed by atoms with Crippen molar-refractivity contribution in [3.8, 4) is 0 Å². The topological polar surface area (TPSA) is 12.0 Å². The molecule has 0 spiro atoms. The van der Waals surface area contributed by atoms with Crippen LogP contribution in [0.25, 0.3) is 0 Å². The van der Waals surface area contributed by atoms with E-state index in [0.29, 0.717) is 6.04 Å². The molecule has 0 fully saturated rings. The molecule has 0 radical (unpaired) electrons. The number of nitrogens with one attached hydrogen (secondary N) is 1. The van der Waals surface area contributed by atoms with Crippen LogP contribution in [0, 0.1) is 0 Å². The first kappa shape index (κ1) is 14.9. The van der Waals surface area contributed by atoms with Gasteiger partial charge >= 0.3 is 0 Å². The third kappa shape index (κ3) is 2.94. The van der Waals surface area contributed by atoms with Crippen LogP contribution in [0.15, 0.2) is 72.4 Å². The molecule has 0 aromatic heterocycles. The van der Waals surface area contributed by atoms with E-state index in [2.05, 4.69) is 85.9 Å². The van der Waals surface area contributed by atoms with E-state index in [-0.39, 0.29) is 5.41 Å². The van der Waals surface area contributed by atoms with Gasteiger partial charge in [0.25, 0.3) is 0 Å². The molecule has 0 aliphatic heterocycles. The second kappa shape index (κ2) is 6.39. The molecular formula is C21H25N. The third-order valence-corrected chi connectivity index (χ3v) is 4.64. The fraction of sp³-hybridized carbons (Fsp3) is 0.333. The lowest BCUT2D eigenvalue weighted by Crippen LogP contribution is -2.33. The molecule has 1 N–H and O–H groups in total. The van der Waals surface area contributed by atoms with Crippen molar-refractivity contribution < 1.29 is 0 Å². The van der Waals surface area contributed by atoms with Gasteiger partial charge in [-0.1, -0.05) is 66.7 Å². The monoisotopic (exact) mass is 291 g/mol. The molecule has 2 aromatic carbocycles. The fourth-order valence-electron chi connectivity index (χ4n) is 3.56. The summed E-state index contributed by atoms with van der Waals surface area (Å²) in [5.74, 6) is 0. The molecule has 0 heterocycles. The van der Waals surface area contributed by atoms with Gasteiger partial charge in [0.1, 0.15) is 0 Å². The van der Waals surface area contributed by atoms with Gasteiger partial charge in [0.05, 0.1) is 0 Å². The van der Waals surface area contributed by atoms with E-state index < -0.39 is 0 Å². The van der Waals surface area contributed by atoms with Crippen LogP contribution < -0.4 is 5.32 Å². The molecule has 22 heavy (non-hydrogen) atoms. The minimum Gasteiger partial charge on any atom is -0.386 e. The first-order chi connectivity index (χ1) is 10.7. The van der Waals surface area contributed by atoms with E-state index >= 15 is 0 Å². The summed E-state index contributed by atoms with van der Waals surface area (Å²) < 4.78 is 0. The molecule has 1 heteroatoms. The Kier molecular flexibility index (Phi) is 4.33. The largest absolute Gasteiger partial charge is 0.386 e. The summed E-state index contributed by atoms with van der Waals surface area (Å²) in [7, 11) is 0. The highest BCUT2D eigenvalue weighted by Gasteiger charge is 2.35. The van der Waals surface area contributed by atoms with E-state index in [1.165, 1.54) is 16.8 Å². The molecule has 0 unspecified atom stereocenters. The van der Waals surface area contributed by atoms with Crippen molar-refractivity contribution in [3.05, 3.63) is 83.6 Å². The van der Waals surface area contributed by atoms with Crippen LogP contribution in [0.2, 0.25) is 0 Å². The van der Waals surface area contributed by atoms with Gasteiger partial charge in [-0.05, 0) is 44.2 Å². The predicted octanol–water partition coefficient (Wildman–Crippen LogP) is 5.04. The second-order valence-electron chi connectivity index (χ2n) is 6.55. The Morgan fingerprint density at radius 1 is 0.864 bits per heavy atom. The van der Waals surface area contributed by atoms with Gasteiger partial charge in [-0.3, -0.25) is 0 Å². The number of rotatable bonds is 4. The second-order valence-corrected chi connectivity index (χ2v) is 6.55. The Labute approximate surface area is 134 Å². The fourth-order valence-corrected chi connectivity index (χ4v) is 3.56. The summed E-state index contributed by atoms with van der Waals surface area (Å²) in [5, 5.41) is 3.58. The van der Waals surface area contributed by atoms with Crippen molar-refractivity contribution in [2.75, 3.05) is 0 Å². The Bertz CT molecular complexity index is 586. The van der Waals surface area contributed by atoms with Crippen molar-refractivity contribution in [2.24, 2.45) is 0 Å². The first-order valence-corrected chi connectivity index (χ1v) is 8.27. The molecular weight excluding hydrogens is 266 g/mol. The van der Waals surface area contributed by atoms with Crippen molar-refractivity contribution in [2.45, 2.75) is 44.6 Å². The molecule has 1 aliphatic rings. The van der Waals surface area contributed by atoms with Gasteiger partial charge in [-0.2, -0.15) is 0 Å². The number of benzene rings is 2. The minimum absolute atomic E-state index is 0.116. The predicted molar refractivity (Wildman–Crippen MR) is 93.9 cm³/mol. The summed E-state index contributed by atoms with van der Waals surface area (Å²) in [6.07, 6.45) is 5.74. The molecule has 0 atom stereocenters. The van der Waals surface area contributed by atoms with Crippen LogP contribution in [-0.4, -0.2) is 6.04 Å². The molecule has 3 rings (SSSR count). The van der Waals surface area contributed by atoms with Gasteiger partial charge < -0.3 is 5.32 Å². The molecule has 0 amide bonds. The maximum atomic E-state index is 3.58. The van der Waals surface area contributed by atoms with E-state index in [1.807, 2.05) is 0 Å². The number of hydrogen-bond acceptors (Lipinski definition) is 1. The molecule has 2 aromatic rings. The van der Waals surface area contributed by atoms with Gasteiger partial charge in [-0.15, -0.1) is 0 Å². The number of allylic oxidation sites excluding steroid dienone is 2. The molecule has 114 valence electrons. The van der Waals surface area contributed by atoms with E-state index in [1.54, 1.807) is 0 Å². The smallest absolute Gasteiger partial charge is 0.0241 e. The van der Waals surface area contributed by atoms with Crippen LogP contribution in [0.4, 0.5) is 0 Å². The van der Waals surface area contributed by atoms with Gasteiger partial charge in [0, 0.05) is 17.2 Å². The van der Waals surface area contributed by atoms with E-state index in [4.69, 9.17) is 0 Å². The zero-order valence-electron chi connectivity index (χ0n) is 13.5. The highest BCUT2D eigenvalue weighted by Crippen LogP contribution is 2.43. The minimum atomic E-state index is 0.116. The lowest BCUT2D eigenvalue weighted by molar-refractivity contribution is 0.438. The van der Waals surface area contributed by atoms with E-state index in [9.17, 15) is 0 Å². The van der Waals surface area contributed by atoms with Crippen molar-refractivity contribution in [3.63, 3.8) is 0 Å². The summed E-state index contributed by atoms with van der Waals surface area (Å²) in [5.41, 5.74) is 4.38. The lowest BCUT2D eigenvalue weighted by atomic mass is 9.66. The normalized spacial score (nSPS) is 17.1. The van der Waals surface area contributed by atoms with Crippen LogP contribution >= 0.6 is 0 Å². The van der Waals surface area contributed by atoms with Crippen LogP contribution in [0.1, 0.15) is 44.2 Å². The van der Waals surface area contributed by atoms with Crippen molar-refractivity contribution in [1.29, 1.82) is 0 Å². The first-order valence-electron chi connectivity index (χ1n) is 8.27. The van der Waals surface area contributed by atoms with Crippen molar-refractivity contribution >= 4 is 0 Å². The Balaban J connectivity index is 1.99. The van der Waals surface area contributed by atoms with Crippen LogP contribution in [0.5, 0.6) is 0 Å². The standard InChI is InChI=1S/C21H25N/c1-17(2)22-20-13-15-21(16-14-20,18-9-5-3-6-10-18)19-11-7-4-8-12-19/h3-13,17,22H,14-16H2,1-2H3. The van der Waals surface area contributed by atoms with Gasteiger partial charge in [0.15, 0.2) is 0 Å². The maximum Gasteiger partial charge on any atom is 0.0241 e. The highest BCUT2D eigenvalue weighted by atomic mass is 14.9. The SMILES string of the molecule is CC(C)NC1=CCC(c2ccccc2)(c2ccccc2)CC1. The summed E-state index contributed by atoms with van der Waals surface area (Å²) >= 11 is 0. The van der Waals surface area contributed by atoms with Crippen LogP contribution in [0.3, 0.4) is 0 Å². The third-order valence-electron chi connectivity index (χ3n) is 4.64.